The van der Waals surface area contributed by atoms with Gasteiger partial charge in [-0.1, -0.05) is 24.3 Å². The Bertz CT molecular complexity index is 888. The van der Waals surface area contributed by atoms with Crippen LogP contribution in [0.2, 0.25) is 0 Å². The molecule has 2 amide bonds. The highest BCUT2D eigenvalue weighted by atomic mass is 16.7. The number of rotatable bonds is 4. The van der Waals surface area contributed by atoms with Gasteiger partial charge >= 0.3 is 0 Å². The Labute approximate surface area is 164 Å². The molecule has 1 N–H and O–H groups in total. The second-order valence-electron chi connectivity index (χ2n) is 7.29. The van der Waals surface area contributed by atoms with Crippen molar-refractivity contribution in [3.05, 3.63) is 59.2 Å². The Hall–Kier alpha value is -3.02. The van der Waals surface area contributed by atoms with Crippen LogP contribution in [-0.4, -0.2) is 36.6 Å². The van der Waals surface area contributed by atoms with Gasteiger partial charge in [0, 0.05) is 31.1 Å². The van der Waals surface area contributed by atoms with Crippen LogP contribution in [0.1, 0.15) is 34.3 Å². The van der Waals surface area contributed by atoms with Gasteiger partial charge in [-0.15, -0.1) is 0 Å². The molecule has 28 heavy (non-hydrogen) atoms. The molecule has 0 aliphatic carbocycles. The van der Waals surface area contributed by atoms with E-state index in [-0.39, 0.29) is 24.5 Å². The van der Waals surface area contributed by atoms with E-state index in [1.54, 1.807) is 0 Å². The minimum absolute atomic E-state index is 0.0423. The van der Waals surface area contributed by atoms with E-state index in [9.17, 15) is 9.59 Å². The summed E-state index contributed by atoms with van der Waals surface area (Å²) in [4.78, 5) is 27.1. The summed E-state index contributed by atoms with van der Waals surface area (Å²) in [6.45, 7) is 3.86. The molecule has 6 heteroatoms. The fourth-order valence-electron chi connectivity index (χ4n) is 3.71. The van der Waals surface area contributed by atoms with Gasteiger partial charge in [-0.2, -0.15) is 0 Å². The van der Waals surface area contributed by atoms with Crippen molar-refractivity contribution in [3.63, 3.8) is 0 Å². The molecule has 0 atom stereocenters. The molecule has 1 fully saturated rings. The molecule has 2 aromatic carbocycles. The van der Waals surface area contributed by atoms with E-state index in [2.05, 4.69) is 5.32 Å². The predicted octanol–water partition coefficient (Wildman–Crippen LogP) is 2.89. The summed E-state index contributed by atoms with van der Waals surface area (Å²) < 4.78 is 10.7. The van der Waals surface area contributed by atoms with E-state index in [0.717, 1.165) is 28.2 Å². The van der Waals surface area contributed by atoms with Crippen molar-refractivity contribution in [3.8, 4) is 11.5 Å². The van der Waals surface area contributed by atoms with Crippen molar-refractivity contribution >= 4 is 11.8 Å². The average Bonchev–Trinajstić information content (AvgIpc) is 3.20. The van der Waals surface area contributed by atoms with Crippen LogP contribution in [0.3, 0.4) is 0 Å². The van der Waals surface area contributed by atoms with Gasteiger partial charge in [0.2, 0.25) is 12.7 Å². The number of carbonyl (C=O) groups excluding carboxylic acids is 2. The number of amides is 2. The summed E-state index contributed by atoms with van der Waals surface area (Å²) in [5.41, 5.74) is 2.70. The molecule has 0 unspecified atom stereocenters. The molecule has 2 heterocycles. The van der Waals surface area contributed by atoms with E-state index >= 15 is 0 Å². The molecule has 4 rings (SSSR count). The van der Waals surface area contributed by atoms with Crippen LogP contribution >= 0.6 is 0 Å². The molecule has 2 aliphatic rings. The number of nitrogens with one attached hydrogen (secondary N) is 1. The minimum Gasteiger partial charge on any atom is -0.454 e. The van der Waals surface area contributed by atoms with Crippen molar-refractivity contribution in [2.45, 2.75) is 26.3 Å². The van der Waals surface area contributed by atoms with Crippen molar-refractivity contribution in [2.24, 2.45) is 5.92 Å². The molecule has 146 valence electrons. The monoisotopic (exact) mass is 380 g/mol. The highest BCUT2D eigenvalue weighted by Gasteiger charge is 2.28. The van der Waals surface area contributed by atoms with Gasteiger partial charge in [0.15, 0.2) is 11.5 Å². The summed E-state index contributed by atoms with van der Waals surface area (Å²) in [6, 6.07) is 13.3. The maximum Gasteiger partial charge on any atom is 0.254 e. The Balaban J connectivity index is 1.28. The molecule has 2 aromatic rings. The molecule has 2 aliphatic heterocycles. The molecule has 0 saturated carbocycles. The number of carbonyl (C=O) groups is 2. The third-order valence-corrected chi connectivity index (χ3v) is 5.43. The zero-order valence-corrected chi connectivity index (χ0v) is 15.9. The van der Waals surface area contributed by atoms with E-state index in [1.807, 2.05) is 54.3 Å². The van der Waals surface area contributed by atoms with Gasteiger partial charge in [0.1, 0.15) is 0 Å². The lowest BCUT2D eigenvalue weighted by Gasteiger charge is -2.31. The maximum absolute atomic E-state index is 12.7. The molecule has 0 spiro atoms. The van der Waals surface area contributed by atoms with Crippen molar-refractivity contribution < 1.29 is 19.1 Å². The van der Waals surface area contributed by atoms with Crippen molar-refractivity contribution in [1.29, 1.82) is 0 Å². The van der Waals surface area contributed by atoms with Gasteiger partial charge < -0.3 is 19.7 Å². The van der Waals surface area contributed by atoms with Crippen molar-refractivity contribution in [2.75, 3.05) is 19.9 Å². The second kappa shape index (κ2) is 7.92. The lowest BCUT2D eigenvalue weighted by Crippen LogP contribution is -2.43. The van der Waals surface area contributed by atoms with E-state index in [4.69, 9.17) is 9.47 Å². The topological polar surface area (TPSA) is 67.9 Å². The number of ether oxygens (including phenoxy) is 2. The largest absolute Gasteiger partial charge is 0.454 e. The summed E-state index contributed by atoms with van der Waals surface area (Å²) >= 11 is 0. The Morgan fingerprint density at radius 2 is 1.82 bits per heavy atom. The van der Waals surface area contributed by atoms with Gasteiger partial charge in [0.05, 0.1) is 0 Å². The van der Waals surface area contributed by atoms with Crippen molar-refractivity contribution in [1.82, 2.24) is 10.2 Å². The number of likely N-dealkylation sites (tertiary alicyclic amines) is 1. The van der Waals surface area contributed by atoms with Gasteiger partial charge in [0.25, 0.3) is 5.91 Å². The van der Waals surface area contributed by atoms with Crippen LogP contribution in [0, 0.1) is 12.8 Å². The molecule has 0 bridgehead atoms. The number of aryl methyl sites for hydroxylation is 1. The number of nitrogens with zero attached hydrogens (tertiary/aromatic N) is 1. The lowest BCUT2D eigenvalue weighted by molar-refractivity contribution is -0.126. The Morgan fingerprint density at radius 1 is 1.07 bits per heavy atom. The van der Waals surface area contributed by atoms with Gasteiger partial charge in [-0.3, -0.25) is 9.59 Å². The average molecular weight is 380 g/mol. The number of piperidine rings is 1. The Kier molecular flexibility index (Phi) is 5.19. The van der Waals surface area contributed by atoms with Crippen LogP contribution in [0.25, 0.3) is 0 Å². The van der Waals surface area contributed by atoms with Gasteiger partial charge in [-0.25, -0.2) is 0 Å². The first-order chi connectivity index (χ1) is 13.6. The number of benzene rings is 2. The molecule has 1 saturated heterocycles. The number of fused-ring (bicyclic) bond motifs is 1. The van der Waals surface area contributed by atoms with E-state index < -0.39 is 0 Å². The Morgan fingerprint density at radius 3 is 2.61 bits per heavy atom. The summed E-state index contributed by atoms with van der Waals surface area (Å²) in [7, 11) is 0. The van der Waals surface area contributed by atoms with Crippen LogP contribution in [-0.2, 0) is 11.3 Å². The molecular weight excluding hydrogens is 356 g/mol. The van der Waals surface area contributed by atoms with Crippen LogP contribution in [0.15, 0.2) is 42.5 Å². The minimum atomic E-state index is -0.0602. The molecule has 6 nitrogen and oxygen atoms in total. The fraction of sp³-hybridized carbons (Fsp3) is 0.364. The van der Waals surface area contributed by atoms with E-state index in [1.165, 1.54) is 0 Å². The number of hydrogen-bond donors (Lipinski definition) is 1. The second-order valence-corrected chi connectivity index (χ2v) is 7.29. The van der Waals surface area contributed by atoms with Gasteiger partial charge in [-0.05, 0) is 49.1 Å². The first-order valence-corrected chi connectivity index (χ1v) is 9.63. The molecule has 0 radical (unpaired) electrons. The van der Waals surface area contributed by atoms with E-state index in [0.29, 0.717) is 32.5 Å². The van der Waals surface area contributed by atoms with Crippen LogP contribution < -0.4 is 14.8 Å². The third kappa shape index (κ3) is 3.81. The quantitative estimate of drug-likeness (QED) is 0.886. The smallest absolute Gasteiger partial charge is 0.254 e. The summed E-state index contributed by atoms with van der Waals surface area (Å²) in [5.74, 6) is 1.49. The standard InChI is InChI=1S/C22H24N2O4/c1-15-4-2-3-5-18(15)22(26)24-10-8-17(9-11-24)21(25)23-13-16-6-7-19-20(12-16)28-14-27-19/h2-7,12,17H,8-11,13-14H2,1H3,(H,23,25). The predicted molar refractivity (Wildman–Crippen MR) is 104 cm³/mol. The highest BCUT2D eigenvalue weighted by molar-refractivity contribution is 5.95. The zero-order valence-electron chi connectivity index (χ0n) is 15.9. The molecule has 0 aromatic heterocycles. The fourth-order valence-corrected chi connectivity index (χ4v) is 3.71. The summed E-state index contributed by atoms with van der Waals surface area (Å²) in [5, 5.41) is 3.01. The summed E-state index contributed by atoms with van der Waals surface area (Å²) in [6.07, 6.45) is 1.37. The number of hydrogen-bond acceptors (Lipinski definition) is 4. The lowest BCUT2D eigenvalue weighted by atomic mass is 9.95. The molecular formula is C22H24N2O4. The normalized spacial score (nSPS) is 16.1. The third-order valence-electron chi connectivity index (χ3n) is 5.43. The SMILES string of the molecule is Cc1ccccc1C(=O)N1CCC(C(=O)NCc2ccc3c(c2)OCO3)CC1. The van der Waals surface area contributed by atoms with Crippen LogP contribution in [0.5, 0.6) is 11.5 Å². The van der Waals surface area contributed by atoms with Crippen LogP contribution in [0.4, 0.5) is 0 Å². The highest BCUT2D eigenvalue weighted by Crippen LogP contribution is 2.32. The first-order valence-electron chi connectivity index (χ1n) is 9.63. The first kappa shape index (κ1) is 18.3. The maximum atomic E-state index is 12.7. The zero-order chi connectivity index (χ0) is 19.5.